The number of nitrogens with zero attached hydrogens (tertiary/aromatic N) is 1. The molecule has 0 aromatic heterocycles. The molecule has 0 atom stereocenters. The number of hydrogen-bond acceptors (Lipinski definition) is 2. The van der Waals surface area contributed by atoms with E-state index in [9.17, 15) is 0 Å². The molecule has 0 aliphatic carbocycles. The van der Waals surface area contributed by atoms with Crippen LogP contribution in [0.25, 0.3) is 0 Å². The fraction of sp³-hybridized carbons (Fsp3) is 0.182. The average molecular weight is 172 g/mol. The van der Waals surface area contributed by atoms with Gasteiger partial charge >= 0.3 is 0 Å². The number of aryl methyl sites for hydroxylation is 1. The van der Waals surface area contributed by atoms with Crippen molar-refractivity contribution in [3.8, 4) is 6.07 Å². The molecule has 0 saturated heterocycles. The van der Waals surface area contributed by atoms with Crippen molar-refractivity contribution in [1.82, 2.24) is 0 Å². The summed E-state index contributed by atoms with van der Waals surface area (Å²) < 4.78 is 0. The van der Waals surface area contributed by atoms with E-state index in [-0.39, 0.29) is 0 Å². The molecule has 1 N–H and O–H groups in total. The highest BCUT2D eigenvalue weighted by atomic mass is 14.9. The van der Waals surface area contributed by atoms with E-state index in [1.807, 2.05) is 44.2 Å². The highest BCUT2D eigenvalue weighted by Crippen LogP contribution is 2.11. The first-order valence-corrected chi connectivity index (χ1v) is 4.12. The molecule has 0 aliphatic rings. The van der Waals surface area contributed by atoms with Crippen LogP contribution in [0.5, 0.6) is 0 Å². The van der Waals surface area contributed by atoms with Gasteiger partial charge in [-0.3, -0.25) is 0 Å². The minimum Gasteiger partial charge on any atom is -0.359 e. The minimum atomic E-state index is 0.855. The Morgan fingerprint density at radius 2 is 2.31 bits per heavy atom. The number of rotatable bonds is 2. The average Bonchev–Trinajstić information content (AvgIpc) is 2.04. The Hall–Kier alpha value is -1.75. The van der Waals surface area contributed by atoms with E-state index in [1.165, 1.54) is 11.6 Å². The lowest BCUT2D eigenvalue weighted by Crippen LogP contribution is -1.94. The molecule has 0 unspecified atom stereocenters. The second kappa shape index (κ2) is 4.32. The van der Waals surface area contributed by atoms with E-state index >= 15 is 0 Å². The lowest BCUT2D eigenvalue weighted by Gasteiger charge is -2.05. The first-order valence-electron chi connectivity index (χ1n) is 4.12. The molecule has 0 fully saturated rings. The number of anilines is 1. The lowest BCUT2D eigenvalue weighted by molar-refractivity contribution is 1.35. The van der Waals surface area contributed by atoms with Crippen LogP contribution in [0.15, 0.2) is 36.0 Å². The van der Waals surface area contributed by atoms with E-state index in [1.54, 1.807) is 0 Å². The van der Waals surface area contributed by atoms with Crippen LogP contribution < -0.4 is 5.32 Å². The Bertz CT molecular complexity index is 359. The van der Waals surface area contributed by atoms with Crippen LogP contribution in [-0.4, -0.2) is 0 Å². The molecule has 1 aromatic rings. The second-order valence-electron chi connectivity index (χ2n) is 2.95. The Morgan fingerprint density at radius 1 is 1.54 bits per heavy atom. The highest BCUT2D eigenvalue weighted by molar-refractivity contribution is 5.50. The molecule has 2 nitrogen and oxygen atoms in total. The summed E-state index contributed by atoms with van der Waals surface area (Å²) in [6.45, 7) is 3.90. The van der Waals surface area contributed by atoms with Gasteiger partial charge in [-0.25, -0.2) is 0 Å². The molecule has 0 bridgehead atoms. The zero-order valence-corrected chi connectivity index (χ0v) is 7.83. The Labute approximate surface area is 78.5 Å². The molecular weight excluding hydrogens is 160 g/mol. The second-order valence-corrected chi connectivity index (χ2v) is 2.95. The van der Waals surface area contributed by atoms with Gasteiger partial charge in [-0.2, -0.15) is 5.26 Å². The molecule has 0 saturated carbocycles. The summed E-state index contributed by atoms with van der Waals surface area (Å²) in [4.78, 5) is 0. The van der Waals surface area contributed by atoms with E-state index in [0.29, 0.717) is 0 Å². The third-order valence-corrected chi connectivity index (χ3v) is 1.64. The number of nitriles is 1. The summed E-state index contributed by atoms with van der Waals surface area (Å²) >= 11 is 0. The van der Waals surface area contributed by atoms with Crippen LogP contribution in [-0.2, 0) is 0 Å². The first kappa shape index (κ1) is 9.34. The van der Waals surface area contributed by atoms with Crippen molar-refractivity contribution in [3.05, 3.63) is 41.6 Å². The van der Waals surface area contributed by atoms with E-state index < -0.39 is 0 Å². The number of nitrogens with one attached hydrogen (secondary N) is 1. The van der Waals surface area contributed by atoms with Crippen molar-refractivity contribution in [2.24, 2.45) is 0 Å². The number of hydrogen-bond donors (Lipinski definition) is 1. The van der Waals surface area contributed by atoms with Crippen molar-refractivity contribution in [2.75, 3.05) is 5.32 Å². The maximum Gasteiger partial charge on any atom is 0.0930 e. The van der Waals surface area contributed by atoms with Gasteiger partial charge in [0.05, 0.1) is 6.07 Å². The maximum absolute atomic E-state index is 8.40. The monoisotopic (exact) mass is 172 g/mol. The van der Waals surface area contributed by atoms with E-state index in [4.69, 9.17) is 5.26 Å². The topological polar surface area (TPSA) is 35.8 Å². The number of allylic oxidation sites excluding steroid dienone is 2. The van der Waals surface area contributed by atoms with Crippen LogP contribution in [0.2, 0.25) is 0 Å². The SMILES string of the molecule is C/C(=C\C#N)Nc1cccc(C)c1. The van der Waals surface area contributed by atoms with Gasteiger partial charge in [0.25, 0.3) is 0 Å². The Kier molecular flexibility index (Phi) is 3.10. The smallest absolute Gasteiger partial charge is 0.0930 e. The van der Waals surface area contributed by atoms with Crippen LogP contribution in [0.3, 0.4) is 0 Å². The molecule has 66 valence electrons. The fourth-order valence-electron chi connectivity index (χ4n) is 1.08. The van der Waals surface area contributed by atoms with Crippen molar-refractivity contribution < 1.29 is 0 Å². The molecule has 0 amide bonds. The summed E-state index contributed by atoms with van der Waals surface area (Å²) in [6, 6.07) is 10.0. The molecule has 0 heterocycles. The van der Waals surface area contributed by atoms with Crippen molar-refractivity contribution in [1.29, 1.82) is 5.26 Å². The van der Waals surface area contributed by atoms with Crippen LogP contribution in [0, 0.1) is 18.3 Å². The predicted molar refractivity (Wildman–Crippen MR) is 54.2 cm³/mol. The van der Waals surface area contributed by atoms with Crippen LogP contribution in [0.1, 0.15) is 12.5 Å². The lowest BCUT2D eigenvalue weighted by atomic mass is 10.2. The summed E-state index contributed by atoms with van der Waals surface area (Å²) in [5, 5.41) is 11.5. The third-order valence-electron chi connectivity index (χ3n) is 1.64. The molecule has 1 aromatic carbocycles. The molecule has 0 aliphatic heterocycles. The normalized spacial score (nSPS) is 10.7. The maximum atomic E-state index is 8.40. The predicted octanol–water partition coefficient (Wildman–Crippen LogP) is 2.83. The van der Waals surface area contributed by atoms with Crippen molar-refractivity contribution in [2.45, 2.75) is 13.8 Å². The summed E-state index contributed by atoms with van der Waals surface area (Å²) in [6.07, 6.45) is 1.49. The molecule has 13 heavy (non-hydrogen) atoms. The standard InChI is InChI=1S/C11H12N2/c1-9-4-3-5-11(8-9)13-10(2)6-7-12/h3-6,8,13H,1-2H3/b10-6+. The van der Waals surface area contributed by atoms with Gasteiger partial charge in [-0.1, -0.05) is 12.1 Å². The van der Waals surface area contributed by atoms with Gasteiger partial charge in [0.1, 0.15) is 0 Å². The number of benzene rings is 1. The first-order chi connectivity index (χ1) is 6.22. The van der Waals surface area contributed by atoms with Gasteiger partial charge in [-0.15, -0.1) is 0 Å². The van der Waals surface area contributed by atoms with Crippen LogP contribution in [0.4, 0.5) is 5.69 Å². The fourth-order valence-corrected chi connectivity index (χ4v) is 1.08. The van der Waals surface area contributed by atoms with Gasteiger partial charge in [-0.05, 0) is 31.5 Å². The Balaban J connectivity index is 2.76. The molecule has 2 heteroatoms. The minimum absolute atomic E-state index is 0.855. The van der Waals surface area contributed by atoms with Gasteiger partial charge in [0.15, 0.2) is 0 Å². The zero-order chi connectivity index (χ0) is 9.68. The molecule has 1 rings (SSSR count). The Morgan fingerprint density at radius 3 is 2.92 bits per heavy atom. The highest BCUT2D eigenvalue weighted by Gasteiger charge is 1.91. The van der Waals surface area contributed by atoms with E-state index in [2.05, 4.69) is 5.32 Å². The van der Waals surface area contributed by atoms with E-state index in [0.717, 1.165) is 11.4 Å². The van der Waals surface area contributed by atoms with Crippen LogP contribution >= 0.6 is 0 Å². The summed E-state index contributed by atoms with van der Waals surface area (Å²) in [7, 11) is 0. The molecule has 0 spiro atoms. The molecular formula is C11H12N2. The van der Waals surface area contributed by atoms with Gasteiger partial charge in [0.2, 0.25) is 0 Å². The van der Waals surface area contributed by atoms with Gasteiger partial charge in [0, 0.05) is 17.5 Å². The summed E-state index contributed by atoms with van der Waals surface area (Å²) in [5.74, 6) is 0. The molecule has 0 radical (unpaired) electrons. The van der Waals surface area contributed by atoms with Crippen molar-refractivity contribution >= 4 is 5.69 Å². The zero-order valence-electron chi connectivity index (χ0n) is 7.83. The third kappa shape index (κ3) is 3.00. The summed E-state index contributed by atoms with van der Waals surface area (Å²) in [5.41, 5.74) is 3.08. The quantitative estimate of drug-likeness (QED) is 0.696. The van der Waals surface area contributed by atoms with Crippen molar-refractivity contribution in [3.63, 3.8) is 0 Å². The van der Waals surface area contributed by atoms with Gasteiger partial charge < -0.3 is 5.32 Å². The largest absolute Gasteiger partial charge is 0.359 e.